The van der Waals surface area contributed by atoms with Gasteiger partial charge in [0.15, 0.2) is 0 Å². The van der Waals surface area contributed by atoms with Crippen molar-refractivity contribution in [1.82, 2.24) is 0 Å². The summed E-state index contributed by atoms with van der Waals surface area (Å²) in [5.41, 5.74) is 1.94. The lowest BCUT2D eigenvalue weighted by Crippen LogP contribution is -2.23. The van der Waals surface area contributed by atoms with Gasteiger partial charge in [0.2, 0.25) is 5.91 Å². The smallest absolute Gasteiger partial charge is 0.341 e. The van der Waals surface area contributed by atoms with Crippen LogP contribution in [0.5, 0.6) is 0 Å². The molecule has 2 aromatic carbocycles. The number of hydrogen-bond donors (Lipinski definition) is 3. The van der Waals surface area contributed by atoms with Gasteiger partial charge in [-0.05, 0) is 75.4 Å². The molecular formula is C30H32N2O6S2. The van der Waals surface area contributed by atoms with Crippen LogP contribution in [0.25, 0.3) is 0 Å². The molecule has 0 saturated heterocycles. The molecule has 1 aliphatic carbocycles. The minimum atomic E-state index is -1.18. The first kappa shape index (κ1) is 29.4. The number of carboxylic acids is 1. The Labute approximate surface area is 241 Å². The van der Waals surface area contributed by atoms with Crippen LogP contribution in [0.2, 0.25) is 0 Å². The van der Waals surface area contributed by atoms with Crippen molar-refractivity contribution >= 4 is 57.5 Å². The summed E-state index contributed by atoms with van der Waals surface area (Å²) in [6.07, 6.45) is 6.04. The predicted octanol–water partition coefficient (Wildman–Crippen LogP) is 6.65. The second-order valence-electron chi connectivity index (χ2n) is 9.42. The van der Waals surface area contributed by atoms with Gasteiger partial charge in [-0.15, -0.1) is 23.1 Å². The van der Waals surface area contributed by atoms with Gasteiger partial charge in [0.05, 0.1) is 28.5 Å². The number of thiophene rings is 1. The Morgan fingerprint density at radius 2 is 1.70 bits per heavy atom. The third kappa shape index (κ3) is 7.11. The molecule has 2 amide bonds. The van der Waals surface area contributed by atoms with Crippen molar-refractivity contribution in [3.05, 3.63) is 75.7 Å². The summed E-state index contributed by atoms with van der Waals surface area (Å²) in [7, 11) is 0. The molecule has 1 aromatic heterocycles. The molecule has 0 bridgehead atoms. The number of fused-ring (bicyclic) bond motifs is 1. The fourth-order valence-corrected chi connectivity index (χ4v) is 6.82. The van der Waals surface area contributed by atoms with E-state index in [1.54, 1.807) is 44.2 Å². The van der Waals surface area contributed by atoms with Gasteiger partial charge < -0.3 is 20.5 Å². The largest absolute Gasteiger partial charge is 0.478 e. The predicted molar refractivity (Wildman–Crippen MR) is 158 cm³/mol. The number of benzene rings is 2. The van der Waals surface area contributed by atoms with Crippen molar-refractivity contribution in [2.24, 2.45) is 0 Å². The number of amides is 2. The van der Waals surface area contributed by atoms with Crippen molar-refractivity contribution in [2.75, 3.05) is 17.2 Å². The molecule has 4 rings (SSSR count). The summed E-state index contributed by atoms with van der Waals surface area (Å²) < 4.78 is 5.34. The first-order valence-electron chi connectivity index (χ1n) is 13.3. The molecule has 1 heterocycles. The number of aryl methyl sites for hydroxylation is 1. The second kappa shape index (κ2) is 13.6. The van der Waals surface area contributed by atoms with E-state index in [1.165, 1.54) is 35.2 Å². The monoisotopic (exact) mass is 580 g/mol. The molecule has 40 heavy (non-hydrogen) atoms. The lowest BCUT2D eigenvalue weighted by atomic mass is 9.96. The maximum absolute atomic E-state index is 13.2. The van der Waals surface area contributed by atoms with Gasteiger partial charge in [-0.2, -0.15) is 0 Å². The van der Waals surface area contributed by atoms with Crippen molar-refractivity contribution in [1.29, 1.82) is 0 Å². The maximum Gasteiger partial charge on any atom is 0.341 e. The highest BCUT2D eigenvalue weighted by molar-refractivity contribution is 8.00. The quantitative estimate of drug-likeness (QED) is 0.191. The number of aromatic carboxylic acids is 1. The number of carbonyl (C=O) groups excluding carboxylic acids is 3. The Morgan fingerprint density at radius 1 is 0.975 bits per heavy atom. The van der Waals surface area contributed by atoms with E-state index in [-0.39, 0.29) is 23.6 Å². The van der Waals surface area contributed by atoms with Crippen LogP contribution >= 0.6 is 23.1 Å². The van der Waals surface area contributed by atoms with Crippen molar-refractivity contribution in [3.8, 4) is 0 Å². The zero-order valence-corrected chi connectivity index (χ0v) is 24.1. The second-order valence-corrected chi connectivity index (χ2v) is 11.9. The van der Waals surface area contributed by atoms with Gasteiger partial charge in [0.1, 0.15) is 5.00 Å². The number of thioether (sulfide) groups is 1. The molecule has 0 aliphatic heterocycles. The number of hydrogen-bond acceptors (Lipinski definition) is 7. The number of rotatable bonds is 9. The summed E-state index contributed by atoms with van der Waals surface area (Å²) >= 11 is 2.78. The number of carboxylic acid groups (broad SMARTS) is 1. The molecule has 3 aromatic rings. The molecule has 1 unspecified atom stereocenters. The zero-order chi connectivity index (χ0) is 28.6. The normalized spacial score (nSPS) is 13.8. The standard InChI is InChI=1S/C30H32N2O6S2/c1-3-38-30(37)25-23-15-6-4-5-7-16-24(23)40-28(25)32-26(33)18(2)39-20-12-10-11-19(17-20)31-27(34)21-13-8-9-14-22(21)29(35)36/h8-14,17-18H,3-7,15-16H2,1-2H3,(H,31,34)(H,32,33)(H,35,36). The van der Waals surface area contributed by atoms with Crippen LogP contribution in [0.4, 0.5) is 10.7 Å². The Bertz CT molecular complexity index is 1420. The Morgan fingerprint density at radius 3 is 2.42 bits per heavy atom. The molecule has 0 saturated carbocycles. The van der Waals surface area contributed by atoms with Gasteiger partial charge in [0, 0.05) is 15.5 Å². The van der Waals surface area contributed by atoms with E-state index in [0.29, 0.717) is 16.3 Å². The van der Waals surface area contributed by atoms with Gasteiger partial charge >= 0.3 is 11.9 Å². The molecule has 8 nitrogen and oxygen atoms in total. The molecule has 10 heteroatoms. The zero-order valence-electron chi connectivity index (χ0n) is 22.5. The van der Waals surface area contributed by atoms with Gasteiger partial charge in [0.25, 0.3) is 5.91 Å². The molecule has 210 valence electrons. The highest BCUT2D eigenvalue weighted by Gasteiger charge is 2.27. The van der Waals surface area contributed by atoms with E-state index in [9.17, 15) is 24.3 Å². The first-order valence-corrected chi connectivity index (χ1v) is 15.0. The van der Waals surface area contributed by atoms with E-state index >= 15 is 0 Å². The Kier molecular flexibility index (Phi) is 10.0. The van der Waals surface area contributed by atoms with Crippen LogP contribution < -0.4 is 10.6 Å². The van der Waals surface area contributed by atoms with Gasteiger partial charge in [-0.25, -0.2) is 9.59 Å². The summed E-state index contributed by atoms with van der Waals surface area (Å²) in [6.45, 7) is 3.81. The Balaban J connectivity index is 1.47. The summed E-state index contributed by atoms with van der Waals surface area (Å²) in [4.78, 5) is 52.3. The highest BCUT2D eigenvalue weighted by atomic mass is 32.2. The van der Waals surface area contributed by atoms with E-state index < -0.39 is 23.1 Å². The van der Waals surface area contributed by atoms with E-state index in [2.05, 4.69) is 10.6 Å². The van der Waals surface area contributed by atoms with Crippen LogP contribution in [0.1, 0.15) is 81.0 Å². The van der Waals surface area contributed by atoms with E-state index in [1.807, 2.05) is 6.07 Å². The molecule has 0 fully saturated rings. The lowest BCUT2D eigenvalue weighted by Gasteiger charge is -2.14. The van der Waals surface area contributed by atoms with Gasteiger partial charge in [-0.3, -0.25) is 9.59 Å². The van der Waals surface area contributed by atoms with Crippen LogP contribution in [0, 0.1) is 0 Å². The van der Waals surface area contributed by atoms with E-state index in [4.69, 9.17) is 4.74 Å². The minimum absolute atomic E-state index is 0.0586. The topological polar surface area (TPSA) is 122 Å². The third-order valence-corrected chi connectivity index (χ3v) is 8.86. The molecule has 0 radical (unpaired) electrons. The van der Waals surface area contributed by atoms with Crippen LogP contribution in [0.15, 0.2) is 53.4 Å². The number of ether oxygens (including phenoxy) is 1. The first-order chi connectivity index (χ1) is 19.3. The average molecular weight is 581 g/mol. The SMILES string of the molecule is CCOC(=O)c1c(NC(=O)C(C)Sc2cccc(NC(=O)c3ccccc3C(=O)O)c2)sc2c1CCCCCC2. The summed E-state index contributed by atoms with van der Waals surface area (Å²) in [6, 6.07) is 13.0. The Hall–Kier alpha value is -3.63. The molecule has 1 atom stereocenters. The van der Waals surface area contributed by atoms with Crippen LogP contribution in [0.3, 0.4) is 0 Å². The fourth-order valence-electron chi connectivity index (χ4n) is 4.61. The van der Waals surface area contributed by atoms with E-state index in [0.717, 1.165) is 53.9 Å². The molecule has 3 N–H and O–H groups in total. The highest BCUT2D eigenvalue weighted by Crippen LogP contribution is 2.38. The molecule has 0 spiro atoms. The lowest BCUT2D eigenvalue weighted by molar-refractivity contribution is -0.115. The summed E-state index contributed by atoms with van der Waals surface area (Å²) in [5, 5.41) is 15.1. The number of anilines is 2. The number of esters is 1. The molecular weight excluding hydrogens is 548 g/mol. The summed E-state index contributed by atoms with van der Waals surface area (Å²) in [5.74, 6) is -2.36. The third-order valence-electron chi connectivity index (χ3n) is 6.56. The minimum Gasteiger partial charge on any atom is -0.478 e. The fraction of sp³-hybridized carbons (Fsp3) is 0.333. The number of nitrogens with one attached hydrogen (secondary N) is 2. The average Bonchev–Trinajstić information content (AvgIpc) is 3.24. The number of carbonyl (C=O) groups is 4. The van der Waals surface area contributed by atoms with Crippen molar-refractivity contribution in [3.63, 3.8) is 0 Å². The maximum atomic E-state index is 13.2. The van der Waals surface area contributed by atoms with Crippen molar-refractivity contribution < 1.29 is 29.0 Å². The molecule has 1 aliphatic rings. The van der Waals surface area contributed by atoms with Crippen molar-refractivity contribution in [2.45, 2.75) is 62.5 Å². The van der Waals surface area contributed by atoms with Gasteiger partial charge in [-0.1, -0.05) is 31.0 Å². The van der Waals surface area contributed by atoms with Crippen LogP contribution in [-0.4, -0.2) is 40.7 Å². The van der Waals surface area contributed by atoms with Crippen LogP contribution in [-0.2, 0) is 22.4 Å².